The van der Waals surface area contributed by atoms with Gasteiger partial charge in [0.1, 0.15) is 11.9 Å². The van der Waals surface area contributed by atoms with Crippen molar-refractivity contribution in [2.75, 3.05) is 18.1 Å². The van der Waals surface area contributed by atoms with E-state index >= 15 is 0 Å². The van der Waals surface area contributed by atoms with Crippen LogP contribution in [0.3, 0.4) is 0 Å². The summed E-state index contributed by atoms with van der Waals surface area (Å²) in [6, 6.07) is 10.6. The molecule has 1 N–H and O–H groups in total. The summed E-state index contributed by atoms with van der Waals surface area (Å²) < 4.78 is 24.7. The summed E-state index contributed by atoms with van der Waals surface area (Å²) in [6.07, 6.45) is 2.36. The first-order chi connectivity index (χ1) is 10.4. The number of pyridine rings is 1. The van der Waals surface area contributed by atoms with E-state index in [1.165, 1.54) is 4.31 Å². The van der Waals surface area contributed by atoms with Crippen LogP contribution in [0.1, 0.15) is 12.8 Å². The van der Waals surface area contributed by atoms with Gasteiger partial charge in [0.15, 0.2) is 0 Å². The molecule has 2 aromatic rings. The van der Waals surface area contributed by atoms with Crippen molar-refractivity contribution in [1.82, 2.24) is 9.29 Å². The van der Waals surface area contributed by atoms with Crippen LogP contribution in [0.2, 0.25) is 0 Å². The number of carbonyl (C=O) groups is 1. The zero-order valence-corrected chi connectivity index (χ0v) is 13.0. The lowest BCUT2D eigenvalue weighted by Gasteiger charge is -2.21. The SMILES string of the molecule is CS(=O)(=O)N1CCCC1C(=O)Nc1ccc2ccccc2n1. The molecule has 1 aliphatic heterocycles. The molecule has 1 atom stereocenters. The molecule has 0 radical (unpaired) electrons. The van der Waals surface area contributed by atoms with Crippen LogP contribution in [0.4, 0.5) is 5.82 Å². The predicted molar refractivity (Wildman–Crippen MR) is 84.9 cm³/mol. The number of carbonyl (C=O) groups excluding carboxylic acids is 1. The summed E-state index contributed by atoms with van der Waals surface area (Å²) in [5, 5.41) is 3.71. The average Bonchev–Trinajstić information content (AvgIpc) is 2.97. The van der Waals surface area contributed by atoms with Crippen LogP contribution in [0, 0.1) is 0 Å². The molecule has 1 aliphatic rings. The van der Waals surface area contributed by atoms with Gasteiger partial charge >= 0.3 is 0 Å². The molecule has 1 saturated heterocycles. The van der Waals surface area contributed by atoms with Gasteiger partial charge in [-0.1, -0.05) is 18.2 Å². The van der Waals surface area contributed by atoms with Gasteiger partial charge in [0.25, 0.3) is 0 Å². The number of benzene rings is 1. The highest BCUT2D eigenvalue weighted by atomic mass is 32.2. The van der Waals surface area contributed by atoms with Gasteiger partial charge in [0, 0.05) is 11.9 Å². The molecule has 3 rings (SSSR count). The first-order valence-corrected chi connectivity index (χ1v) is 8.93. The van der Waals surface area contributed by atoms with Crippen molar-refractivity contribution in [3.05, 3.63) is 36.4 Å². The Morgan fingerprint density at radius 2 is 2.05 bits per heavy atom. The van der Waals surface area contributed by atoms with Gasteiger partial charge in [-0.15, -0.1) is 0 Å². The van der Waals surface area contributed by atoms with E-state index in [9.17, 15) is 13.2 Å². The Labute approximate surface area is 129 Å². The van der Waals surface area contributed by atoms with Crippen molar-refractivity contribution in [2.45, 2.75) is 18.9 Å². The Bertz CT molecular complexity index is 820. The van der Waals surface area contributed by atoms with E-state index in [4.69, 9.17) is 0 Å². The fourth-order valence-corrected chi connectivity index (χ4v) is 3.87. The average molecular weight is 319 g/mol. The van der Waals surface area contributed by atoms with Crippen LogP contribution in [-0.4, -0.2) is 42.5 Å². The highest BCUT2D eigenvalue weighted by Crippen LogP contribution is 2.22. The molecular formula is C15H17N3O3S. The maximum atomic E-state index is 12.4. The van der Waals surface area contributed by atoms with Crippen LogP contribution in [-0.2, 0) is 14.8 Å². The number of rotatable bonds is 3. The minimum Gasteiger partial charge on any atom is -0.309 e. The Morgan fingerprint density at radius 3 is 2.82 bits per heavy atom. The van der Waals surface area contributed by atoms with Crippen LogP contribution in [0.15, 0.2) is 36.4 Å². The summed E-state index contributed by atoms with van der Waals surface area (Å²) in [7, 11) is -3.37. The van der Waals surface area contributed by atoms with E-state index in [2.05, 4.69) is 10.3 Å². The summed E-state index contributed by atoms with van der Waals surface area (Å²) in [6.45, 7) is 0.391. The third-order valence-corrected chi connectivity index (χ3v) is 5.07. The molecule has 0 bridgehead atoms. The van der Waals surface area contributed by atoms with Gasteiger partial charge in [0.05, 0.1) is 11.8 Å². The number of para-hydroxylation sites is 1. The first-order valence-electron chi connectivity index (χ1n) is 7.08. The highest BCUT2D eigenvalue weighted by molar-refractivity contribution is 7.88. The number of hydrogen-bond donors (Lipinski definition) is 1. The van der Waals surface area contributed by atoms with Gasteiger partial charge in [-0.3, -0.25) is 4.79 Å². The van der Waals surface area contributed by atoms with Gasteiger partial charge < -0.3 is 5.32 Å². The van der Waals surface area contributed by atoms with Crippen LogP contribution in [0.25, 0.3) is 10.9 Å². The van der Waals surface area contributed by atoms with Crippen molar-refractivity contribution < 1.29 is 13.2 Å². The molecule has 22 heavy (non-hydrogen) atoms. The molecule has 1 fully saturated rings. The van der Waals surface area contributed by atoms with Crippen LogP contribution in [0.5, 0.6) is 0 Å². The minimum absolute atomic E-state index is 0.328. The lowest BCUT2D eigenvalue weighted by atomic mass is 10.2. The Hall–Kier alpha value is -1.99. The number of hydrogen-bond acceptors (Lipinski definition) is 4. The molecule has 2 heterocycles. The zero-order valence-electron chi connectivity index (χ0n) is 12.2. The quantitative estimate of drug-likeness (QED) is 0.932. The molecule has 0 aliphatic carbocycles. The van der Waals surface area contributed by atoms with Crippen molar-refractivity contribution >= 4 is 32.7 Å². The van der Waals surface area contributed by atoms with E-state index in [0.717, 1.165) is 17.2 Å². The number of sulfonamides is 1. The standard InChI is InChI=1S/C15H17N3O3S/c1-22(20,21)18-10-4-7-13(18)15(19)17-14-9-8-11-5-2-3-6-12(11)16-14/h2-3,5-6,8-9,13H,4,7,10H2,1H3,(H,16,17,19). The Balaban J connectivity index is 1.80. The van der Waals surface area contributed by atoms with E-state index in [1.807, 2.05) is 30.3 Å². The van der Waals surface area contributed by atoms with Crippen molar-refractivity contribution in [1.29, 1.82) is 0 Å². The largest absolute Gasteiger partial charge is 0.309 e. The van der Waals surface area contributed by atoms with Crippen LogP contribution < -0.4 is 5.32 Å². The zero-order chi connectivity index (χ0) is 15.7. The molecule has 0 spiro atoms. The second kappa shape index (κ2) is 5.66. The molecule has 6 nitrogen and oxygen atoms in total. The summed E-state index contributed by atoms with van der Waals surface area (Å²) >= 11 is 0. The Kier molecular flexibility index (Phi) is 3.84. The second-order valence-corrected chi connectivity index (χ2v) is 7.35. The lowest BCUT2D eigenvalue weighted by Crippen LogP contribution is -2.42. The van der Waals surface area contributed by atoms with Crippen LogP contribution >= 0.6 is 0 Å². The van der Waals surface area contributed by atoms with E-state index in [-0.39, 0.29) is 5.91 Å². The fourth-order valence-electron chi connectivity index (χ4n) is 2.74. The molecule has 1 unspecified atom stereocenters. The monoisotopic (exact) mass is 319 g/mol. The third-order valence-electron chi connectivity index (χ3n) is 3.78. The normalized spacial score (nSPS) is 19.4. The van der Waals surface area contributed by atoms with E-state index in [0.29, 0.717) is 25.2 Å². The second-order valence-electron chi connectivity index (χ2n) is 5.41. The van der Waals surface area contributed by atoms with Gasteiger partial charge in [-0.25, -0.2) is 13.4 Å². The number of nitrogens with one attached hydrogen (secondary N) is 1. The smallest absolute Gasteiger partial charge is 0.243 e. The molecular weight excluding hydrogens is 302 g/mol. The van der Waals surface area contributed by atoms with E-state index < -0.39 is 16.1 Å². The number of fused-ring (bicyclic) bond motifs is 1. The van der Waals surface area contributed by atoms with Gasteiger partial charge in [-0.2, -0.15) is 4.31 Å². The summed E-state index contributed by atoms with van der Waals surface area (Å²) in [5.41, 5.74) is 0.784. The Morgan fingerprint density at radius 1 is 1.27 bits per heavy atom. The maximum Gasteiger partial charge on any atom is 0.243 e. The van der Waals surface area contributed by atoms with Gasteiger partial charge in [-0.05, 0) is 31.0 Å². The number of amides is 1. The number of anilines is 1. The lowest BCUT2D eigenvalue weighted by molar-refractivity contribution is -0.119. The van der Waals surface area contributed by atoms with E-state index in [1.54, 1.807) is 6.07 Å². The summed E-state index contributed by atoms with van der Waals surface area (Å²) in [5.74, 6) is 0.106. The molecule has 7 heteroatoms. The summed E-state index contributed by atoms with van der Waals surface area (Å²) in [4.78, 5) is 16.7. The molecule has 0 saturated carbocycles. The predicted octanol–water partition coefficient (Wildman–Crippen LogP) is 1.60. The molecule has 1 aromatic carbocycles. The molecule has 116 valence electrons. The highest BCUT2D eigenvalue weighted by Gasteiger charge is 2.36. The fraction of sp³-hybridized carbons (Fsp3) is 0.333. The molecule has 1 aromatic heterocycles. The van der Waals surface area contributed by atoms with Crippen molar-refractivity contribution in [3.8, 4) is 0 Å². The molecule has 1 amide bonds. The maximum absolute atomic E-state index is 12.4. The number of aromatic nitrogens is 1. The van der Waals surface area contributed by atoms with Gasteiger partial charge in [0.2, 0.25) is 15.9 Å². The van der Waals surface area contributed by atoms with Crippen molar-refractivity contribution in [3.63, 3.8) is 0 Å². The topological polar surface area (TPSA) is 79.4 Å². The van der Waals surface area contributed by atoms with Crippen molar-refractivity contribution in [2.24, 2.45) is 0 Å². The minimum atomic E-state index is -3.37. The third kappa shape index (κ3) is 2.95. The number of nitrogens with zero attached hydrogens (tertiary/aromatic N) is 2. The first kappa shape index (κ1) is 14.9.